The Morgan fingerprint density at radius 3 is 0.667 bits per heavy atom. The molecule has 0 saturated carbocycles. The lowest BCUT2D eigenvalue weighted by atomic mass is 10.0. The molecule has 0 saturated heterocycles. The van der Waals surface area contributed by atoms with Gasteiger partial charge in [0.25, 0.3) is 0 Å². The summed E-state index contributed by atoms with van der Waals surface area (Å²) in [6.07, 6.45) is 62.4. The van der Waals surface area contributed by atoms with Crippen LogP contribution in [0.25, 0.3) is 0 Å². The largest absolute Gasteiger partial charge is 0.472 e. The predicted molar refractivity (Wildman–Crippen MR) is 418 cm³/mol. The number of carbonyl (C=O) groups excluding carboxylic acids is 4. The van der Waals surface area contributed by atoms with Crippen molar-refractivity contribution in [1.29, 1.82) is 0 Å². The van der Waals surface area contributed by atoms with Gasteiger partial charge in [0.2, 0.25) is 0 Å². The van der Waals surface area contributed by atoms with Crippen LogP contribution in [0.2, 0.25) is 0 Å². The molecule has 0 bridgehead atoms. The number of aliphatic hydroxyl groups excluding tert-OH is 1. The maximum absolute atomic E-state index is 13.1. The third kappa shape index (κ3) is 76.3. The number of phosphoric acid groups is 2. The van der Waals surface area contributed by atoms with Crippen molar-refractivity contribution in [2.45, 2.75) is 452 Å². The number of hydrogen-bond donors (Lipinski definition) is 3. The highest BCUT2D eigenvalue weighted by molar-refractivity contribution is 7.47. The third-order valence-electron chi connectivity index (χ3n) is 19.4. The highest BCUT2D eigenvalue weighted by Crippen LogP contribution is 2.45. The van der Waals surface area contributed by atoms with Gasteiger partial charge in [0.15, 0.2) is 12.2 Å². The first-order chi connectivity index (χ1) is 49.2. The van der Waals surface area contributed by atoms with Crippen LogP contribution in [-0.2, 0) is 65.4 Å². The molecule has 0 spiro atoms. The Labute approximate surface area is 626 Å². The number of hydrogen-bond acceptors (Lipinski definition) is 15. The molecule has 0 aliphatic carbocycles. The monoisotopic (exact) mass is 1490 g/mol. The molecule has 0 aliphatic rings. The van der Waals surface area contributed by atoms with Gasteiger partial charge in [0, 0.05) is 25.7 Å². The summed E-state index contributed by atoms with van der Waals surface area (Å²) in [4.78, 5) is 73.1. The molecule has 606 valence electrons. The van der Waals surface area contributed by atoms with Crippen LogP contribution in [0.3, 0.4) is 0 Å². The van der Waals surface area contributed by atoms with Crippen LogP contribution >= 0.6 is 15.6 Å². The van der Waals surface area contributed by atoms with Crippen LogP contribution in [0.5, 0.6) is 0 Å². The summed E-state index contributed by atoms with van der Waals surface area (Å²) in [6, 6.07) is 0. The fourth-order valence-corrected chi connectivity index (χ4v) is 14.4. The molecule has 0 rings (SSSR count). The maximum Gasteiger partial charge on any atom is 0.472 e. The summed E-state index contributed by atoms with van der Waals surface area (Å²) in [5, 5.41) is 10.7. The molecule has 0 aromatic carbocycles. The van der Waals surface area contributed by atoms with Gasteiger partial charge in [0.1, 0.15) is 19.3 Å². The summed E-state index contributed by atoms with van der Waals surface area (Å²) in [5.41, 5.74) is 0. The summed E-state index contributed by atoms with van der Waals surface area (Å²) in [6.45, 7) is 12.0. The van der Waals surface area contributed by atoms with Crippen LogP contribution in [0.4, 0.5) is 0 Å². The standard InChI is InChI=1S/C83H162O17P2/c1-8-9-10-11-12-13-14-15-16-17-18-19-24-30-37-45-52-59-66-82(87)99-78(70-93-80(85)64-57-50-43-36-29-23-21-20-22-27-33-40-47-54-61-74(2)3)72-97-101(89,90)95-68-77(84)69-96-102(91,92)98-73-79(71-94-81(86)65-58-51-44-39-32-35-42-49-56-63-76(6)7)100-83(88)67-60-53-46-38-31-26-25-28-34-41-48-55-62-75(4)5/h74-79,84H,8-73H2,1-7H3,(H,89,90)(H,91,92)/t77-,78-,79-/m1/s1. The Balaban J connectivity index is 5.27. The van der Waals surface area contributed by atoms with E-state index in [2.05, 4.69) is 48.5 Å². The SMILES string of the molecule is CCCCCCCCCCCCCCCCCCCCC(=O)O[C@H](COC(=O)CCCCCCCCCCCCCCCCC(C)C)COP(=O)(O)OC[C@@H](O)COP(=O)(O)OC[C@@H](COC(=O)CCCCCCCCCCCC(C)C)OC(=O)CCCCCCCCCCCCCCC(C)C. The van der Waals surface area contributed by atoms with Gasteiger partial charge in [-0.3, -0.25) is 37.3 Å². The van der Waals surface area contributed by atoms with Crippen LogP contribution in [0.15, 0.2) is 0 Å². The first-order valence-electron chi connectivity index (χ1n) is 42.8. The second-order valence-electron chi connectivity index (χ2n) is 31.3. The lowest BCUT2D eigenvalue weighted by molar-refractivity contribution is -0.161. The number of ether oxygens (including phenoxy) is 4. The molecule has 17 nitrogen and oxygen atoms in total. The average molecular weight is 1490 g/mol. The van der Waals surface area contributed by atoms with Gasteiger partial charge >= 0.3 is 39.5 Å². The molecule has 0 amide bonds. The Kier molecular flexibility index (Phi) is 71.8. The summed E-state index contributed by atoms with van der Waals surface area (Å²) in [7, 11) is -9.93. The molecule has 0 aliphatic heterocycles. The van der Waals surface area contributed by atoms with Gasteiger partial charge in [0.05, 0.1) is 26.4 Å². The van der Waals surface area contributed by atoms with E-state index < -0.39 is 97.5 Å². The molecular formula is C83H162O17P2. The second kappa shape index (κ2) is 73.2. The zero-order chi connectivity index (χ0) is 75.1. The van der Waals surface area contributed by atoms with E-state index in [4.69, 9.17) is 37.0 Å². The third-order valence-corrected chi connectivity index (χ3v) is 21.3. The highest BCUT2D eigenvalue weighted by Gasteiger charge is 2.30. The topological polar surface area (TPSA) is 237 Å². The smallest absolute Gasteiger partial charge is 0.462 e. The van der Waals surface area contributed by atoms with Crippen molar-refractivity contribution in [1.82, 2.24) is 0 Å². The molecule has 0 aromatic heterocycles. The Morgan fingerprint density at radius 1 is 0.265 bits per heavy atom. The normalized spacial score (nSPS) is 13.9. The Hall–Kier alpha value is -1.94. The zero-order valence-electron chi connectivity index (χ0n) is 67.1. The van der Waals surface area contributed by atoms with Crippen molar-refractivity contribution in [3.8, 4) is 0 Å². The van der Waals surface area contributed by atoms with Crippen molar-refractivity contribution in [3.63, 3.8) is 0 Å². The second-order valence-corrected chi connectivity index (χ2v) is 34.2. The maximum atomic E-state index is 13.1. The first-order valence-corrected chi connectivity index (χ1v) is 45.8. The van der Waals surface area contributed by atoms with Crippen LogP contribution in [-0.4, -0.2) is 96.7 Å². The zero-order valence-corrected chi connectivity index (χ0v) is 68.9. The van der Waals surface area contributed by atoms with E-state index in [1.165, 1.54) is 244 Å². The minimum Gasteiger partial charge on any atom is -0.462 e. The van der Waals surface area contributed by atoms with Crippen molar-refractivity contribution in [2.24, 2.45) is 17.8 Å². The van der Waals surface area contributed by atoms with Gasteiger partial charge in [-0.15, -0.1) is 0 Å². The number of unbranched alkanes of at least 4 members (excludes halogenated alkanes) is 49. The number of rotatable bonds is 81. The average Bonchev–Trinajstić information content (AvgIpc) is 0.919. The van der Waals surface area contributed by atoms with Gasteiger partial charge < -0.3 is 33.8 Å². The van der Waals surface area contributed by atoms with E-state index in [0.717, 1.165) is 108 Å². The quantitative estimate of drug-likeness (QED) is 0.0222. The van der Waals surface area contributed by atoms with E-state index in [0.29, 0.717) is 25.7 Å². The van der Waals surface area contributed by atoms with Crippen LogP contribution < -0.4 is 0 Å². The Bertz CT molecular complexity index is 1970. The molecule has 19 heteroatoms. The van der Waals surface area contributed by atoms with Gasteiger partial charge in [-0.25, -0.2) is 9.13 Å². The number of carbonyl (C=O) groups is 4. The number of phosphoric ester groups is 2. The van der Waals surface area contributed by atoms with Crippen molar-refractivity contribution in [2.75, 3.05) is 39.6 Å². The minimum atomic E-state index is -4.96. The molecule has 0 fully saturated rings. The Morgan fingerprint density at radius 2 is 0.451 bits per heavy atom. The number of aliphatic hydroxyl groups is 1. The lowest BCUT2D eigenvalue weighted by Crippen LogP contribution is -2.30. The fourth-order valence-electron chi connectivity index (χ4n) is 12.8. The lowest BCUT2D eigenvalue weighted by Gasteiger charge is -2.21. The van der Waals surface area contributed by atoms with Gasteiger partial charge in [-0.2, -0.15) is 0 Å². The molecule has 0 heterocycles. The van der Waals surface area contributed by atoms with E-state index in [9.17, 15) is 43.2 Å². The van der Waals surface area contributed by atoms with Crippen molar-refractivity contribution in [3.05, 3.63) is 0 Å². The van der Waals surface area contributed by atoms with E-state index >= 15 is 0 Å². The molecule has 5 atom stereocenters. The van der Waals surface area contributed by atoms with E-state index in [-0.39, 0.29) is 25.7 Å². The van der Waals surface area contributed by atoms with Crippen molar-refractivity contribution >= 4 is 39.5 Å². The van der Waals surface area contributed by atoms with E-state index in [1.54, 1.807) is 0 Å². The fraction of sp³-hybridized carbons (Fsp3) is 0.952. The van der Waals surface area contributed by atoms with Crippen LogP contribution in [0, 0.1) is 17.8 Å². The predicted octanol–water partition coefficient (Wildman–Crippen LogP) is 24.9. The van der Waals surface area contributed by atoms with Crippen LogP contribution in [0.1, 0.15) is 434 Å². The number of esters is 4. The molecule has 0 radical (unpaired) electrons. The molecule has 3 N–H and O–H groups in total. The molecule has 102 heavy (non-hydrogen) atoms. The first kappa shape index (κ1) is 100. The van der Waals surface area contributed by atoms with Gasteiger partial charge in [-0.05, 0) is 43.4 Å². The molecule has 2 unspecified atom stereocenters. The van der Waals surface area contributed by atoms with E-state index in [1.807, 2.05) is 0 Å². The minimum absolute atomic E-state index is 0.107. The molecule has 0 aromatic rings. The van der Waals surface area contributed by atoms with Gasteiger partial charge in [-0.1, -0.05) is 382 Å². The summed E-state index contributed by atoms with van der Waals surface area (Å²) >= 11 is 0. The highest BCUT2D eigenvalue weighted by atomic mass is 31.2. The summed E-state index contributed by atoms with van der Waals surface area (Å²) in [5.74, 6) is 0.212. The molecular weight excluding hydrogens is 1330 g/mol. The van der Waals surface area contributed by atoms with Crippen molar-refractivity contribution < 1.29 is 80.2 Å². The summed E-state index contributed by atoms with van der Waals surface area (Å²) < 4.78 is 68.8.